The van der Waals surface area contributed by atoms with Crippen LogP contribution in [-0.4, -0.2) is 33.4 Å². The summed E-state index contributed by atoms with van der Waals surface area (Å²) in [5, 5.41) is 9.14. The lowest BCUT2D eigenvalue weighted by Gasteiger charge is -2.20. The normalized spacial score (nSPS) is 13.8. The topological polar surface area (TPSA) is 83.6 Å². The molecular weight excluding hydrogens is 376 g/mol. The highest BCUT2D eigenvalue weighted by Crippen LogP contribution is 2.40. The lowest BCUT2D eigenvalue weighted by molar-refractivity contribution is -0.137. The Morgan fingerprint density at radius 2 is 2.17 bits per heavy atom. The van der Waals surface area contributed by atoms with Gasteiger partial charge in [0.25, 0.3) is 5.91 Å². The summed E-state index contributed by atoms with van der Waals surface area (Å²) in [6.45, 7) is 1.49. The summed E-state index contributed by atoms with van der Waals surface area (Å²) in [6.07, 6.45) is 2.04. The number of aryl methyl sites for hydroxylation is 1. The zero-order valence-corrected chi connectivity index (χ0v) is 14.7. The molecule has 2 aromatic rings. The van der Waals surface area contributed by atoms with Crippen LogP contribution in [-0.2, 0) is 11.3 Å². The molecule has 0 aliphatic heterocycles. The summed E-state index contributed by atoms with van der Waals surface area (Å²) in [6, 6.07) is 7.41. The molecule has 24 heavy (non-hydrogen) atoms. The fourth-order valence-electron chi connectivity index (χ4n) is 2.48. The Kier molecular flexibility index (Phi) is 4.71. The molecule has 0 radical (unpaired) electrons. The van der Waals surface area contributed by atoms with Crippen molar-refractivity contribution in [2.45, 2.75) is 32.2 Å². The summed E-state index contributed by atoms with van der Waals surface area (Å²) in [5.41, 5.74) is 1.34. The van der Waals surface area contributed by atoms with Crippen LogP contribution in [0.1, 0.15) is 46.5 Å². The van der Waals surface area contributed by atoms with Crippen LogP contribution in [0, 0.1) is 6.92 Å². The van der Waals surface area contributed by atoms with Gasteiger partial charge in [0.05, 0.1) is 5.69 Å². The minimum atomic E-state index is -1.07. The van der Waals surface area contributed by atoms with Gasteiger partial charge in [-0.1, -0.05) is 28.1 Å². The molecule has 1 aromatic carbocycles. The highest BCUT2D eigenvalue weighted by atomic mass is 79.9. The average Bonchev–Trinajstić information content (AvgIpc) is 3.28. The van der Waals surface area contributed by atoms with Gasteiger partial charge in [-0.15, -0.1) is 0 Å². The first-order chi connectivity index (χ1) is 11.4. The Bertz CT molecular complexity index is 783. The van der Waals surface area contributed by atoms with E-state index in [1.54, 1.807) is 6.92 Å². The molecule has 0 bridgehead atoms. The predicted molar refractivity (Wildman–Crippen MR) is 89.7 cm³/mol. The van der Waals surface area contributed by atoms with E-state index in [9.17, 15) is 9.59 Å². The molecule has 0 spiro atoms. The lowest BCUT2D eigenvalue weighted by Crippen LogP contribution is -2.35. The smallest absolute Gasteiger partial charge is 0.323 e. The number of rotatable bonds is 6. The van der Waals surface area contributed by atoms with Crippen LogP contribution in [0.15, 0.2) is 33.2 Å². The molecule has 1 saturated carbocycles. The van der Waals surface area contributed by atoms with Crippen molar-refractivity contribution in [1.82, 2.24) is 9.88 Å². The van der Waals surface area contributed by atoms with Crippen molar-refractivity contribution in [3.63, 3.8) is 0 Å². The summed E-state index contributed by atoms with van der Waals surface area (Å²) < 4.78 is 6.49. The first-order valence-corrected chi connectivity index (χ1v) is 8.46. The lowest BCUT2D eigenvalue weighted by atomic mass is 10.2. The minimum absolute atomic E-state index is 0.133. The maximum Gasteiger partial charge on any atom is 0.323 e. The van der Waals surface area contributed by atoms with Gasteiger partial charge in [-0.2, -0.15) is 0 Å². The average molecular weight is 393 g/mol. The highest BCUT2D eigenvalue weighted by Gasteiger charge is 2.32. The number of nitrogens with zero attached hydrogens (tertiary/aromatic N) is 2. The van der Waals surface area contributed by atoms with Crippen LogP contribution in [0.2, 0.25) is 0 Å². The van der Waals surface area contributed by atoms with Crippen molar-refractivity contribution in [3.8, 4) is 0 Å². The number of carboxylic acid groups (broad SMARTS) is 1. The van der Waals surface area contributed by atoms with Crippen LogP contribution in [0.3, 0.4) is 0 Å². The van der Waals surface area contributed by atoms with Gasteiger partial charge >= 0.3 is 5.97 Å². The molecule has 126 valence electrons. The largest absolute Gasteiger partial charge is 0.480 e. The molecular formula is C17H17BrN2O4. The van der Waals surface area contributed by atoms with E-state index in [0.29, 0.717) is 17.5 Å². The molecule has 1 aromatic heterocycles. The number of aromatic nitrogens is 1. The second kappa shape index (κ2) is 6.76. The number of carboxylic acids is 1. The maximum absolute atomic E-state index is 12.8. The fraction of sp³-hybridized carbons (Fsp3) is 0.353. The van der Waals surface area contributed by atoms with Gasteiger partial charge in [0, 0.05) is 16.9 Å². The van der Waals surface area contributed by atoms with Gasteiger partial charge in [0.1, 0.15) is 6.54 Å². The van der Waals surface area contributed by atoms with Crippen LogP contribution >= 0.6 is 15.9 Å². The number of hydrogen-bond donors (Lipinski definition) is 1. The maximum atomic E-state index is 12.8. The van der Waals surface area contributed by atoms with E-state index in [1.165, 1.54) is 4.90 Å². The Morgan fingerprint density at radius 1 is 1.42 bits per heavy atom. The van der Waals surface area contributed by atoms with E-state index >= 15 is 0 Å². The summed E-state index contributed by atoms with van der Waals surface area (Å²) >= 11 is 3.37. The molecule has 1 fully saturated rings. The highest BCUT2D eigenvalue weighted by molar-refractivity contribution is 9.10. The van der Waals surface area contributed by atoms with E-state index in [4.69, 9.17) is 9.52 Å². The number of carbonyl (C=O) groups excluding carboxylic acids is 1. The number of aliphatic carboxylic acids is 1. The molecule has 0 atom stereocenters. The van der Waals surface area contributed by atoms with Crippen molar-refractivity contribution >= 4 is 27.8 Å². The fourth-order valence-corrected chi connectivity index (χ4v) is 2.93. The van der Waals surface area contributed by atoms with Gasteiger partial charge < -0.3 is 14.4 Å². The number of hydrogen-bond acceptors (Lipinski definition) is 4. The number of oxazole rings is 1. The number of carbonyl (C=O) groups is 2. The van der Waals surface area contributed by atoms with Crippen LogP contribution in [0.5, 0.6) is 0 Å². The van der Waals surface area contributed by atoms with Gasteiger partial charge in [-0.05, 0) is 37.5 Å². The van der Waals surface area contributed by atoms with Crippen LogP contribution in [0.4, 0.5) is 0 Å². The van der Waals surface area contributed by atoms with E-state index in [-0.39, 0.29) is 12.3 Å². The van der Waals surface area contributed by atoms with E-state index in [2.05, 4.69) is 20.9 Å². The molecule has 1 aliphatic rings. The number of halogens is 1. The molecule has 0 unspecified atom stereocenters. The van der Waals surface area contributed by atoms with Gasteiger partial charge in [-0.3, -0.25) is 9.59 Å². The minimum Gasteiger partial charge on any atom is -0.480 e. The second-order valence-corrected chi connectivity index (χ2v) is 6.84. The third-order valence-electron chi connectivity index (χ3n) is 3.81. The molecule has 1 N–H and O–H groups in total. The zero-order valence-electron chi connectivity index (χ0n) is 13.2. The van der Waals surface area contributed by atoms with Gasteiger partial charge in [0.15, 0.2) is 5.89 Å². The van der Waals surface area contributed by atoms with E-state index in [0.717, 1.165) is 22.9 Å². The summed E-state index contributed by atoms with van der Waals surface area (Å²) in [4.78, 5) is 29.5. The van der Waals surface area contributed by atoms with Crippen molar-refractivity contribution in [2.75, 3.05) is 6.54 Å². The van der Waals surface area contributed by atoms with Crippen LogP contribution < -0.4 is 0 Å². The van der Waals surface area contributed by atoms with Crippen molar-refractivity contribution in [1.29, 1.82) is 0 Å². The van der Waals surface area contributed by atoms with Crippen molar-refractivity contribution in [3.05, 3.63) is 51.6 Å². The van der Waals surface area contributed by atoms with E-state index < -0.39 is 18.4 Å². The molecule has 1 heterocycles. The molecule has 3 rings (SSSR count). The number of benzene rings is 1. The first-order valence-electron chi connectivity index (χ1n) is 7.67. The standard InChI is InChI=1S/C17H17BrN2O4/c1-10-15(24-16(19-10)12-5-6-12)17(23)20(9-14(21)22)8-11-3-2-4-13(18)7-11/h2-4,7,12H,5-6,8-9H2,1H3,(H,21,22). The Morgan fingerprint density at radius 3 is 2.79 bits per heavy atom. The first kappa shape index (κ1) is 16.7. The molecule has 1 aliphatic carbocycles. The summed E-state index contributed by atoms with van der Waals surface area (Å²) in [5.74, 6) is -0.516. The third kappa shape index (κ3) is 3.84. The second-order valence-electron chi connectivity index (χ2n) is 5.93. The van der Waals surface area contributed by atoms with E-state index in [1.807, 2.05) is 24.3 Å². The van der Waals surface area contributed by atoms with Gasteiger partial charge in [-0.25, -0.2) is 4.98 Å². The Hall–Kier alpha value is -2.15. The third-order valence-corrected chi connectivity index (χ3v) is 4.30. The van der Waals surface area contributed by atoms with Gasteiger partial charge in [0.2, 0.25) is 5.76 Å². The predicted octanol–water partition coefficient (Wildman–Crippen LogP) is 3.35. The van der Waals surface area contributed by atoms with Crippen LogP contribution in [0.25, 0.3) is 0 Å². The molecule has 6 nitrogen and oxygen atoms in total. The molecule has 1 amide bonds. The zero-order chi connectivity index (χ0) is 17.3. The monoisotopic (exact) mass is 392 g/mol. The Balaban J connectivity index is 1.84. The number of amides is 1. The molecule has 0 saturated heterocycles. The Labute approximate surface area is 147 Å². The van der Waals surface area contributed by atoms with Crippen molar-refractivity contribution < 1.29 is 19.1 Å². The van der Waals surface area contributed by atoms with Crippen molar-refractivity contribution in [2.24, 2.45) is 0 Å². The summed E-state index contributed by atoms with van der Waals surface area (Å²) in [7, 11) is 0. The molecule has 7 heteroatoms. The quantitative estimate of drug-likeness (QED) is 0.814. The SMILES string of the molecule is Cc1nc(C2CC2)oc1C(=O)N(CC(=O)O)Cc1cccc(Br)c1.